The van der Waals surface area contributed by atoms with Crippen molar-refractivity contribution in [2.75, 3.05) is 19.0 Å². The van der Waals surface area contributed by atoms with Crippen molar-refractivity contribution in [3.05, 3.63) is 35.7 Å². The van der Waals surface area contributed by atoms with Gasteiger partial charge < -0.3 is 10.1 Å². The molecule has 5 nitrogen and oxygen atoms in total. The topological polar surface area (TPSA) is 52.0 Å². The van der Waals surface area contributed by atoms with Crippen molar-refractivity contribution < 1.29 is 4.74 Å². The largest absolute Gasteiger partial charge is 0.496 e. The van der Waals surface area contributed by atoms with Gasteiger partial charge in [-0.25, -0.2) is 4.68 Å². The minimum absolute atomic E-state index is 0.195. The van der Waals surface area contributed by atoms with E-state index in [2.05, 4.69) is 28.4 Å². The molecular weight excluding hydrogens is 240 g/mol. The first kappa shape index (κ1) is 12.0. The number of benzene rings is 1. The van der Waals surface area contributed by atoms with Gasteiger partial charge in [-0.2, -0.15) is 10.1 Å². The van der Waals surface area contributed by atoms with Crippen LogP contribution in [0.15, 0.2) is 24.3 Å². The van der Waals surface area contributed by atoms with E-state index in [4.69, 9.17) is 4.74 Å². The minimum Gasteiger partial charge on any atom is -0.496 e. The summed E-state index contributed by atoms with van der Waals surface area (Å²) in [4.78, 5) is 4.50. The van der Waals surface area contributed by atoms with Gasteiger partial charge in [-0.3, -0.25) is 0 Å². The van der Waals surface area contributed by atoms with E-state index in [1.54, 1.807) is 7.11 Å². The Hall–Kier alpha value is -2.04. The zero-order valence-electron chi connectivity index (χ0n) is 11.3. The van der Waals surface area contributed by atoms with Crippen LogP contribution < -0.4 is 10.1 Å². The van der Waals surface area contributed by atoms with Crippen LogP contribution in [-0.2, 0) is 6.42 Å². The van der Waals surface area contributed by atoms with E-state index in [1.807, 2.05) is 22.9 Å². The van der Waals surface area contributed by atoms with E-state index < -0.39 is 0 Å². The summed E-state index contributed by atoms with van der Waals surface area (Å²) in [7, 11) is 1.71. The van der Waals surface area contributed by atoms with Crippen LogP contribution in [0.4, 0.5) is 5.95 Å². The minimum atomic E-state index is 0.195. The second kappa shape index (κ2) is 4.91. The van der Waals surface area contributed by atoms with Gasteiger partial charge in [0.25, 0.3) is 0 Å². The molecule has 0 fully saturated rings. The maximum Gasteiger partial charge on any atom is 0.221 e. The van der Waals surface area contributed by atoms with Crippen LogP contribution in [-0.4, -0.2) is 28.4 Å². The van der Waals surface area contributed by atoms with Crippen LogP contribution in [0.25, 0.3) is 0 Å². The Bertz CT molecular complexity index is 579. The highest BCUT2D eigenvalue weighted by atomic mass is 16.5. The standard InChI is InChI=1S/C14H18N4O/c1-3-13-16-14-15-9-8-11(18(14)17-13)10-6-4-5-7-12(10)19-2/h4-7,11H,3,8-9H2,1-2H3,(H,15,16,17). The molecule has 0 aliphatic carbocycles. The van der Waals surface area contributed by atoms with Gasteiger partial charge in [-0.15, -0.1) is 0 Å². The van der Waals surface area contributed by atoms with Gasteiger partial charge in [0.05, 0.1) is 13.2 Å². The lowest BCUT2D eigenvalue weighted by molar-refractivity contribution is 0.391. The Kier molecular flexibility index (Phi) is 3.11. The van der Waals surface area contributed by atoms with Gasteiger partial charge in [-0.05, 0) is 12.5 Å². The number of aryl methyl sites for hydroxylation is 1. The van der Waals surface area contributed by atoms with E-state index in [-0.39, 0.29) is 6.04 Å². The Morgan fingerprint density at radius 2 is 2.26 bits per heavy atom. The number of hydrogen-bond acceptors (Lipinski definition) is 4. The fourth-order valence-electron chi connectivity index (χ4n) is 2.53. The molecule has 1 atom stereocenters. The third-order valence-electron chi connectivity index (χ3n) is 3.49. The molecule has 1 unspecified atom stereocenters. The molecular formula is C14H18N4O. The monoisotopic (exact) mass is 258 g/mol. The molecule has 2 heterocycles. The summed E-state index contributed by atoms with van der Waals surface area (Å²) < 4.78 is 7.45. The lowest BCUT2D eigenvalue weighted by Gasteiger charge is -2.25. The maximum absolute atomic E-state index is 5.46. The summed E-state index contributed by atoms with van der Waals surface area (Å²) in [5.41, 5.74) is 1.17. The number of nitrogens with one attached hydrogen (secondary N) is 1. The van der Waals surface area contributed by atoms with Gasteiger partial charge in [0.15, 0.2) is 5.82 Å². The Morgan fingerprint density at radius 1 is 1.42 bits per heavy atom. The second-order valence-electron chi connectivity index (χ2n) is 4.62. The van der Waals surface area contributed by atoms with Crippen LogP contribution >= 0.6 is 0 Å². The van der Waals surface area contributed by atoms with Crippen LogP contribution in [0.1, 0.15) is 30.8 Å². The average molecular weight is 258 g/mol. The summed E-state index contributed by atoms with van der Waals surface area (Å²) >= 11 is 0. The quantitative estimate of drug-likeness (QED) is 0.917. The number of aromatic nitrogens is 3. The van der Waals surface area contributed by atoms with Crippen LogP contribution in [0.5, 0.6) is 5.75 Å². The van der Waals surface area contributed by atoms with E-state index in [0.29, 0.717) is 0 Å². The van der Waals surface area contributed by atoms with Crippen molar-refractivity contribution in [3.63, 3.8) is 0 Å². The summed E-state index contributed by atoms with van der Waals surface area (Å²) in [5.74, 6) is 2.65. The predicted octanol–water partition coefficient (Wildman–Crippen LogP) is 2.25. The fourth-order valence-corrected chi connectivity index (χ4v) is 2.53. The maximum atomic E-state index is 5.46. The molecule has 0 amide bonds. The number of hydrogen-bond donors (Lipinski definition) is 1. The lowest BCUT2D eigenvalue weighted by Crippen LogP contribution is -2.25. The zero-order valence-corrected chi connectivity index (χ0v) is 11.3. The van der Waals surface area contributed by atoms with Crippen molar-refractivity contribution in [3.8, 4) is 5.75 Å². The number of ether oxygens (including phenoxy) is 1. The summed E-state index contributed by atoms with van der Waals surface area (Å²) in [6, 6.07) is 8.32. The normalized spacial score (nSPS) is 17.7. The Balaban J connectivity index is 2.05. The van der Waals surface area contributed by atoms with Gasteiger partial charge in [0, 0.05) is 18.5 Å². The van der Waals surface area contributed by atoms with E-state index >= 15 is 0 Å². The first-order valence-electron chi connectivity index (χ1n) is 6.65. The van der Waals surface area contributed by atoms with Crippen molar-refractivity contribution in [2.45, 2.75) is 25.8 Å². The molecule has 1 aliphatic rings. The smallest absolute Gasteiger partial charge is 0.221 e. The zero-order chi connectivity index (χ0) is 13.2. The van der Waals surface area contributed by atoms with Gasteiger partial charge in [0.1, 0.15) is 5.75 Å². The molecule has 19 heavy (non-hydrogen) atoms. The van der Waals surface area contributed by atoms with Gasteiger partial charge >= 0.3 is 0 Å². The molecule has 1 N–H and O–H groups in total. The second-order valence-corrected chi connectivity index (χ2v) is 4.62. The third kappa shape index (κ3) is 2.05. The highest BCUT2D eigenvalue weighted by molar-refractivity contribution is 5.40. The summed E-state index contributed by atoms with van der Waals surface area (Å²) in [6.45, 7) is 2.98. The molecule has 2 aromatic rings. The highest BCUT2D eigenvalue weighted by Gasteiger charge is 2.26. The number of methoxy groups -OCH3 is 1. The van der Waals surface area contributed by atoms with Crippen molar-refractivity contribution in [1.29, 1.82) is 0 Å². The number of nitrogens with zero attached hydrogens (tertiary/aromatic N) is 3. The van der Waals surface area contributed by atoms with Crippen molar-refractivity contribution >= 4 is 5.95 Å². The first-order chi connectivity index (χ1) is 9.33. The molecule has 3 rings (SSSR count). The number of para-hydroxylation sites is 1. The first-order valence-corrected chi connectivity index (χ1v) is 6.65. The van der Waals surface area contributed by atoms with Gasteiger partial charge in [-0.1, -0.05) is 25.1 Å². The Morgan fingerprint density at radius 3 is 3.05 bits per heavy atom. The van der Waals surface area contributed by atoms with Crippen molar-refractivity contribution in [2.24, 2.45) is 0 Å². The lowest BCUT2D eigenvalue weighted by atomic mass is 10.0. The van der Waals surface area contributed by atoms with Gasteiger partial charge in [0.2, 0.25) is 5.95 Å². The molecule has 0 spiro atoms. The molecule has 5 heteroatoms. The van der Waals surface area contributed by atoms with Crippen molar-refractivity contribution in [1.82, 2.24) is 14.8 Å². The van der Waals surface area contributed by atoms with Crippen LogP contribution in [0.2, 0.25) is 0 Å². The predicted molar refractivity (Wildman–Crippen MR) is 73.6 cm³/mol. The van der Waals surface area contributed by atoms with Crippen LogP contribution in [0, 0.1) is 0 Å². The Labute approximate surface area is 112 Å². The SMILES string of the molecule is CCc1nc2n(n1)C(c1ccccc1OC)CCN2. The highest BCUT2D eigenvalue weighted by Crippen LogP contribution is 2.33. The van der Waals surface area contributed by atoms with E-state index in [0.717, 1.165) is 36.9 Å². The molecule has 0 radical (unpaired) electrons. The molecule has 1 aliphatic heterocycles. The third-order valence-corrected chi connectivity index (χ3v) is 3.49. The van der Waals surface area contributed by atoms with E-state index in [9.17, 15) is 0 Å². The number of anilines is 1. The molecule has 100 valence electrons. The molecule has 1 aromatic heterocycles. The molecule has 1 aromatic carbocycles. The molecule has 0 saturated heterocycles. The number of fused-ring (bicyclic) bond motifs is 1. The molecule has 0 saturated carbocycles. The molecule has 0 bridgehead atoms. The van der Waals surface area contributed by atoms with E-state index in [1.165, 1.54) is 5.56 Å². The summed E-state index contributed by atoms with van der Waals surface area (Å²) in [6.07, 6.45) is 1.83. The fraction of sp³-hybridized carbons (Fsp3) is 0.429. The van der Waals surface area contributed by atoms with Crippen LogP contribution in [0.3, 0.4) is 0 Å². The number of rotatable bonds is 3. The summed E-state index contributed by atoms with van der Waals surface area (Å²) in [5, 5.41) is 7.89. The average Bonchev–Trinajstić information content (AvgIpc) is 2.90.